The van der Waals surface area contributed by atoms with Crippen LogP contribution in [0.2, 0.25) is 0 Å². The molecule has 0 atom stereocenters. The first-order valence-corrected chi connectivity index (χ1v) is 20.7. The van der Waals surface area contributed by atoms with Crippen LogP contribution in [-0.2, 0) is 44.3 Å². The van der Waals surface area contributed by atoms with E-state index in [1.165, 1.54) is 22.3 Å². The van der Waals surface area contributed by atoms with E-state index in [9.17, 15) is 0 Å². The van der Waals surface area contributed by atoms with E-state index in [0.717, 1.165) is 33.6 Å². The van der Waals surface area contributed by atoms with Gasteiger partial charge in [-0.3, -0.25) is 9.59 Å². The molecule has 2 aliphatic heterocycles. The Labute approximate surface area is 349 Å². The minimum Gasteiger partial charge on any atom is -0.378 e. The normalized spacial score (nSPS) is 15.2. The number of carbonyl (C=O) groups is 2. The Morgan fingerprint density at radius 3 is 0.897 bits per heavy atom. The van der Waals surface area contributed by atoms with Crippen LogP contribution in [0.1, 0.15) is 128 Å². The third-order valence-electron chi connectivity index (χ3n) is 11.6. The van der Waals surface area contributed by atoms with Gasteiger partial charge in [0.25, 0.3) is 11.8 Å². The molecule has 0 bridgehead atoms. The van der Waals surface area contributed by atoms with Gasteiger partial charge in [-0.2, -0.15) is 0 Å². The quantitative estimate of drug-likeness (QED) is 0.179. The Morgan fingerprint density at radius 1 is 0.414 bits per heavy atom. The number of nitrogens with zero attached hydrogens (tertiary/aromatic N) is 4. The molecule has 6 nitrogen and oxygen atoms in total. The van der Waals surface area contributed by atoms with E-state index in [4.69, 9.17) is 0 Å². The molecule has 0 aromatic heterocycles. The number of rotatable bonds is 8. The van der Waals surface area contributed by atoms with Crippen molar-refractivity contribution < 1.29 is 9.59 Å². The summed E-state index contributed by atoms with van der Waals surface area (Å²) in [5.41, 5.74) is 12.7. The third-order valence-corrected chi connectivity index (χ3v) is 11.6. The standard InChI is InChI=1S/C52H66N4O2/c1-49(2,3)37-25-33(26-38(29-37)50(4,5)6)31-55-45(35-17-21-41(22-18-35)53(13)14)43-44(47(55)57)46(36-19-23-42(24-20-36)54(15)16)56(48(43)58)32-34-27-39(51(7,8)9)30-40(28-34)52(10,11)12/h17-30H,31-32H2,1-16H3. The Morgan fingerprint density at radius 2 is 0.672 bits per heavy atom. The first-order chi connectivity index (χ1) is 26.8. The molecule has 0 saturated carbocycles. The van der Waals surface area contributed by atoms with Gasteiger partial charge in [-0.25, -0.2) is 0 Å². The second-order valence-electron chi connectivity index (χ2n) is 20.9. The van der Waals surface area contributed by atoms with E-state index in [0.29, 0.717) is 35.6 Å². The fraction of sp³-hybridized carbons (Fsp3) is 0.423. The molecule has 0 saturated heterocycles. The molecule has 2 heterocycles. The van der Waals surface area contributed by atoms with Gasteiger partial charge >= 0.3 is 0 Å². The summed E-state index contributed by atoms with van der Waals surface area (Å²) in [5.74, 6) is -0.303. The summed E-state index contributed by atoms with van der Waals surface area (Å²) < 4.78 is 0. The molecule has 0 aliphatic carbocycles. The maximum atomic E-state index is 15.4. The zero-order chi connectivity index (χ0) is 42.9. The van der Waals surface area contributed by atoms with Gasteiger partial charge < -0.3 is 19.6 Å². The molecule has 0 radical (unpaired) electrons. The predicted octanol–water partition coefficient (Wildman–Crippen LogP) is 11.2. The predicted molar refractivity (Wildman–Crippen MR) is 244 cm³/mol. The van der Waals surface area contributed by atoms with Crippen LogP contribution in [0.4, 0.5) is 11.4 Å². The van der Waals surface area contributed by atoms with Crippen molar-refractivity contribution in [2.24, 2.45) is 0 Å². The molecule has 6 rings (SSSR count). The van der Waals surface area contributed by atoms with Crippen molar-refractivity contribution in [3.8, 4) is 0 Å². The monoisotopic (exact) mass is 779 g/mol. The topological polar surface area (TPSA) is 47.1 Å². The number of hydrogen-bond donors (Lipinski definition) is 0. The summed E-state index contributed by atoms with van der Waals surface area (Å²) in [6.07, 6.45) is 0. The number of hydrogen-bond acceptors (Lipinski definition) is 4. The molecule has 0 spiro atoms. The van der Waals surface area contributed by atoms with Gasteiger partial charge in [-0.15, -0.1) is 0 Å². The van der Waals surface area contributed by atoms with E-state index in [1.807, 2.05) is 38.0 Å². The zero-order valence-corrected chi connectivity index (χ0v) is 38.1. The van der Waals surface area contributed by atoms with Crippen molar-refractivity contribution >= 4 is 34.6 Å². The largest absolute Gasteiger partial charge is 0.378 e. The van der Waals surface area contributed by atoms with Crippen molar-refractivity contribution in [1.82, 2.24) is 9.80 Å². The van der Waals surface area contributed by atoms with Crippen LogP contribution in [0.3, 0.4) is 0 Å². The van der Waals surface area contributed by atoms with Gasteiger partial charge in [0.1, 0.15) is 0 Å². The highest BCUT2D eigenvalue weighted by atomic mass is 16.2. The Kier molecular flexibility index (Phi) is 10.9. The first-order valence-electron chi connectivity index (χ1n) is 20.7. The maximum Gasteiger partial charge on any atom is 0.261 e. The number of fused-ring (bicyclic) bond motifs is 1. The van der Waals surface area contributed by atoms with Crippen LogP contribution < -0.4 is 9.80 Å². The lowest BCUT2D eigenvalue weighted by molar-refractivity contribution is -0.124. The summed E-state index contributed by atoms with van der Waals surface area (Å²) >= 11 is 0. The minimum atomic E-state index is -0.151. The van der Waals surface area contributed by atoms with Gasteiger partial charge in [-0.05, 0) is 90.4 Å². The van der Waals surface area contributed by atoms with Crippen LogP contribution in [0.25, 0.3) is 11.4 Å². The van der Waals surface area contributed by atoms with E-state index in [1.54, 1.807) is 0 Å². The SMILES string of the molecule is CN(C)c1ccc(C2=C3C(=O)N(Cc4cc(C(C)(C)C)cc(C(C)(C)C)c4)C(c4ccc(N(C)C)cc4)=C3C(=O)N2Cc2cc(C(C)(C)C)cc(C(C)(C)C)c2)cc1. The van der Waals surface area contributed by atoms with Crippen molar-refractivity contribution in [2.45, 2.75) is 118 Å². The smallest absolute Gasteiger partial charge is 0.261 e. The fourth-order valence-electron chi connectivity index (χ4n) is 7.80. The van der Waals surface area contributed by atoms with E-state index < -0.39 is 0 Å². The van der Waals surface area contributed by atoms with Crippen LogP contribution in [0.5, 0.6) is 0 Å². The molecule has 2 amide bonds. The molecule has 0 N–H and O–H groups in total. The van der Waals surface area contributed by atoms with E-state index in [2.05, 4.69) is 178 Å². The molecule has 306 valence electrons. The van der Waals surface area contributed by atoms with E-state index >= 15 is 9.59 Å². The van der Waals surface area contributed by atoms with Gasteiger partial charge in [0.05, 0.1) is 35.6 Å². The summed E-state index contributed by atoms with van der Waals surface area (Å²) in [4.78, 5) is 38.7. The molecule has 6 heteroatoms. The van der Waals surface area contributed by atoms with Crippen LogP contribution in [0.15, 0.2) is 96.1 Å². The number of amides is 2. The molecule has 58 heavy (non-hydrogen) atoms. The average molecular weight is 779 g/mol. The highest BCUT2D eigenvalue weighted by Crippen LogP contribution is 2.48. The summed E-state index contributed by atoms with van der Waals surface area (Å²) in [5, 5.41) is 0. The highest BCUT2D eigenvalue weighted by Gasteiger charge is 2.49. The molecule has 0 fully saturated rings. The van der Waals surface area contributed by atoms with Crippen LogP contribution in [-0.4, -0.2) is 49.8 Å². The summed E-state index contributed by atoms with van der Waals surface area (Å²) in [7, 11) is 8.07. The molecule has 4 aromatic carbocycles. The number of benzene rings is 4. The van der Waals surface area contributed by atoms with Gasteiger partial charge in [0.15, 0.2) is 0 Å². The molecule has 4 aromatic rings. The number of anilines is 2. The van der Waals surface area contributed by atoms with E-state index in [-0.39, 0.29) is 33.5 Å². The first kappa shape index (κ1) is 42.5. The maximum absolute atomic E-state index is 15.4. The van der Waals surface area contributed by atoms with Crippen molar-refractivity contribution in [2.75, 3.05) is 38.0 Å². The van der Waals surface area contributed by atoms with Gasteiger partial charge in [-0.1, -0.05) is 144 Å². The lowest BCUT2D eigenvalue weighted by Crippen LogP contribution is -2.30. The van der Waals surface area contributed by atoms with Crippen molar-refractivity contribution in [1.29, 1.82) is 0 Å². The molecule has 0 unspecified atom stereocenters. The summed E-state index contributed by atoms with van der Waals surface area (Å²) in [6, 6.07) is 30.1. The van der Waals surface area contributed by atoms with Crippen molar-refractivity contribution in [3.63, 3.8) is 0 Å². The second-order valence-corrected chi connectivity index (χ2v) is 20.9. The lowest BCUT2D eigenvalue weighted by atomic mass is 9.79. The van der Waals surface area contributed by atoms with Crippen LogP contribution in [0, 0.1) is 0 Å². The lowest BCUT2D eigenvalue weighted by Gasteiger charge is -2.29. The third kappa shape index (κ3) is 8.39. The summed E-state index contributed by atoms with van der Waals surface area (Å²) in [6.45, 7) is 27.5. The Bertz CT molecular complexity index is 2070. The Hall–Kier alpha value is -5.10. The minimum absolute atomic E-state index is 0.0904. The van der Waals surface area contributed by atoms with Gasteiger partial charge in [0, 0.05) is 39.6 Å². The zero-order valence-electron chi connectivity index (χ0n) is 38.1. The molecular formula is C52H66N4O2. The second kappa shape index (κ2) is 14.9. The number of carbonyl (C=O) groups excluding carboxylic acids is 2. The van der Waals surface area contributed by atoms with Gasteiger partial charge in [0.2, 0.25) is 0 Å². The highest BCUT2D eigenvalue weighted by molar-refractivity contribution is 6.30. The molecule has 2 aliphatic rings. The fourth-order valence-corrected chi connectivity index (χ4v) is 7.80. The Balaban J connectivity index is 1.60. The average Bonchev–Trinajstić information content (AvgIpc) is 3.56. The van der Waals surface area contributed by atoms with Crippen LogP contribution >= 0.6 is 0 Å². The van der Waals surface area contributed by atoms with Crippen molar-refractivity contribution in [3.05, 3.63) is 141 Å². The molecular weight excluding hydrogens is 713 g/mol.